The van der Waals surface area contributed by atoms with Crippen LogP contribution in [0.4, 0.5) is 5.69 Å². The third-order valence-electron chi connectivity index (χ3n) is 5.74. The minimum Gasteiger partial charge on any atom is -0.352 e. The van der Waals surface area contributed by atoms with Gasteiger partial charge in [-0.1, -0.05) is 43.3 Å². The topological polar surface area (TPSA) is 86.8 Å². The molecule has 2 aromatic rings. The van der Waals surface area contributed by atoms with Gasteiger partial charge in [0.2, 0.25) is 21.8 Å². The van der Waals surface area contributed by atoms with Gasteiger partial charge in [-0.25, -0.2) is 8.42 Å². The van der Waals surface area contributed by atoms with Crippen molar-refractivity contribution < 1.29 is 18.0 Å². The molecule has 0 aliphatic rings. The lowest BCUT2D eigenvalue weighted by Crippen LogP contribution is -2.52. The Bertz CT molecular complexity index is 1080. The van der Waals surface area contributed by atoms with Crippen LogP contribution in [0, 0.1) is 13.8 Å². The summed E-state index contributed by atoms with van der Waals surface area (Å²) >= 11 is 0. The van der Waals surface area contributed by atoms with E-state index in [1.807, 2.05) is 58.0 Å². The van der Waals surface area contributed by atoms with Crippen molar-refractivity contribution in [3.63, 3.8) is 0 Å². The summed E-state index contributed by atoms with van der Waals surface area (Å²) in [5.41, 5.74) is 3.18. The van der Waals surface area contributed by atoms with Gasteiger partial charge in [-0.2, -0.15) is 0 Å². The zero-order chi connectivity index (χ0) is 24.8. The van der Waals surface area contributed by atoms with Crippen molar-refractivity contribution >= 4 is 27.5 Å². The maximum atomic E-state index is 13.5. The molecule has 0 radical (unpaired) electrons. The zero-order valence-electron chi connectivity index (χ0n) is 20.3. The summed E-state index contributed by atoms with van der Waals surface area (Å²) in [4.78, 5) is 27.9. The molecule has 2 atom stereocenters. The number of hydrogen-bond donors (Lipinski definition) is 1. The van der Waals surface area contributed by atoms with E-state index < -0.39 is 28.5 Å². The number of carbonyl (C=O) groups is 2. The molecule has 0 saturated carbocycles. The van der Waals surface area contributed by atoms with E-state index in [0.29, 0.717) is 5.69 Å². The molecule has 0 unspecified atom stereocenters. The predicted octanol–water partition coefficient (Wildman–Crippen LogP) is 3.40. The molecule has 7 nitrogen and oxygen atoms in total. The summed E-state index contributed by atoms with van der Waals surface area (Å²) in [6.45, 7) is 9.15. The van der Waals surface area contributed by atoms with Crippen molar-refractivity contribution in [1.82, 2.24) is 10.2 Å². The van der Waals surface area contributed by atoms with Gasteiger partial charge in [0.15, 0.2) is 0 Å². The van der Waals surface area contributed by atoms with Crippen LogP contribution in [0.15, 0.2) is 48.5 Å². The predicted molar refractivity (Wildman–Crippen MR) is 132 cm³/mol. The molecule has 0 aliphatic heterocycles. The second-order valence-corrected chi connectivity index (χ2v) is 10.5. The van der Waals surface area contributed by atoms with Gasteiger partial charge in [0.25, 0.3) is 0 Å². The molecule has 2 rings (SSSR count). The van der Waals surface area contributed by atoms with Gasteiger partial charge in [-0.15, -0.1) is 0 Å². The lowest BCUT2D eigenvalue weighted by Gasteiger charge is -2.32. The van der Waals surface area contributed by atoms with Crippen molar-refractivity contribution in [3.05, 3.63) is 65.2 Å². The Morgan fingerprint density at radius 3 is 2.27 bits per heavy atom. The van der Waals surface area contributed by atoms with Crippen molar-refractivity contribution in [3.8, 4) is 0 Å². The summed E-state index contributed by atoms with van der Waals surface area (Å²) in [6.07, 6.45) is 1.84. The number of hydrogen-bond acceptors (Lipinski definition) is 4. The quantitative estimate of drug-likeness (QED) is 0.573. The molecule has 0 saturated heterocycles. The molecule has 0 aromatic heterocycles. The number of aryl methyl sites for hydroxylation is 2. The van der Waals surface area contributed by atoms with E-state index in [1.54, 1.807) is 25.1 Å². The number of benzene rings is 2. The smallest absolute Gasteiger partial charge is 0.244 e. The Morgan fingerprint density at radius 1 is 1.03 bits per heavy atom. The fourth-order valence-corrected chi connectivity index (χ4v) is 4.26. The molecular formula is C25H35N3O4S. The van der Waals surface area contributed by atoms with Gasteiger partial charge in [0.05, 0.1) is 11.9 Å². The number of nitrogens with one attached hydrogen (secondary N) is 1. The largest absolute Gasteiger partial charge is 0.352 e. The minimum absolute atomic E-state index is 0.0322. The van der Waals surface area contributed by atoms with Crippen LogP contribution < -0.4 is 9.62 Å². The monoisotopic (exact) mass is 473 g/mol. The lowest BCUT2D eigenvalue weighted by atomic mass is 10.1. The molecule has 0 heterocycles. The molecule has 33 heavy (non-hydrogen) atoms. The molecule has 2 aromatic carbocycles. The van der Waals surface area contributed by atoms with Crippen LogP contribution in [0.2, 0.25) is 0 Å². The van der Waals surface area contributed by atoms with Crippen molar-refractivity contribution in [1.29, 1.82) is 0 Å². The first kappa shape index (κ1) is 26.4. The third kappa shape index (κ3) is 7.32. The van der Waals surface area contributed by atoms with Crippen molar-refractivity contribution in [2.24, 2.45) is 0 Å². The van der Waals surface area contributed by atoms with Gasteiger partial charge in [-0.3, -0.25) is 13.9 Å². The lowest BCUT2D eigenvalue weighted by molar-refractivity contribution is -0.139. The highest BCUT2D eigenvalue weighted by Crippen LogP contribution is 2.20. The van der Waals surface area contributed by atoms with Crippen LogP contribution >= 0.6 is 0 Å². The van der Waals surface area contributed by atoms with E-state index >= 15 is 0 Å². The molecule has 0 fully saturated rings. The van der Waals surface area contributed by atoms with E-state index in [-0.39, 0.29) is 18.5 Å². The highest BCUT2D eigenvalue weighted by molar-refractivity contribution is 7.92. The third-order valence-corrected chi connectivity index (χ3v) is 6.88. The second-order valence-electron chi connectivity index (χ2n) is 8.55. The van der Waals surface area contributed by atoms with Gasteiger partial charge in [0, 0.05) is 12.6 Å². The minimum atomic E-state index is -3.73. The molecule has 0 spiro atoms. The Labute approximate surface area is 197 Å². The van der Waals surface area contributed by atoms with Gasteiger partial charge in [-0.05, 0) is 62.9 Å². The number of carbonyl (C=O) groups excluding carboxylic acids is 2. The van der Waals surface area contributed by atoms with E-state index in [1.165, 1.54) is 4.90 Å². The Morgan fingerprint density at radius 2 is 1.70 bits per heavy atom. The van der Waals surface area contributed by atoms with Crippen LogP contribution in [0.25, 0.3) is 0 Å². The zero-order valence-corrected chi connectivity index (χ0v) is 21.1. The van der Waals surface area contributed by atoms with Crippen LogP contribution in [0.1, 0.15) is 43.9 Å². The highest BCUT2D eigenvalue weighted by Gasteiger charge is 2.30. The highest BCUT2D eigenvalue weighted by atomic mass is 32.2. The molecule has 1 N–H and O–H groups in total. The van der Waals surface area contributed by atoms with Crippen molar-refractivity contribution in [2.75, 3.05) is 17.1 Å². The second kappa shape index (κ2) is 11.3. The first-order valence-corrected chi connectivity index (χ1v) is 13.0. The summed E-state index contributed by atoms with van der Waals surface area (Å²) in [5.74, 6) is -0.718. The van der Waals surface area contributed by atoms with Crippen LogP contribution in [-0.2, 0) is 26.2 Å². The first-order valence-electron chi connectivity index (χ1n) is 11.1. The Hall–Kier alpha value is -2.87. The number of sulfonamides is 1. The van der Waals surface area contributed by atoms with Crippen LogP contribution in [0.3, 0.4) is 0 Å². The van der Waals surface area contributed by atoms with Gasteiger partial charge < -0.3 is 10.2 Å². The maximum absolute atomic E-state index is 13.5. The number of nitrogens with zero attached hydrogens (tertiary/aromatic N) is 2. The summed E-state index contributed by atoms with van der Waals surface area (Å²) in [7, 11) is -3.73. The SMILES string of the molecule is CC[C@H](C)NC(=O)[C@H](C)N(Cc1ccccc1C)C(=O)CN(c1cccc(C)c1)S(C)(=O)=O. The maximum Gasteiger partial charge on any atom is 0.244 e. The van der Waals surface area contributed by atoms with Crippen LogP contribution in [-0.4, -0.2) is 50.0 Å². The van der Waals surface area contributed by atoms with Gasteiger partial charge >= 0.3 is 0 Å². The average molecular weight is 474 g/mol. The van der Waals surface area contributed by atoms with E-state index in [2.05, 4.69) is 5.32 Å². The number of anilines is 1. The standard InChI is InChI=1S/C25H35N3O4S/c1-7-20(4)26-25(30)21(5)27(16-22-13-9-8-12-19(22)3)24(29)17-28(33(6,31)32)23-14-10-11-18(2)15-23/h8-15,20-21H,7,16-17H2,1-6H3,(H,26,30)/t20-,21-/m0/s1. The average Bonchev–Trinajstić information content (AvgIpc) is 2.75. The molecular weight excluding hydrogens is 438 g/mol. The van der Waals surface area contributed by atoms with Crippen molar-refractivity contribution in [2.45, 2.75) is 59.7 Å². The number of rotatable bonds is 10. The molecule has 0 bridgehead atoms. The van der Waals surface area contributed by atoms with Crippen LogP contribution in [0.5, 0.6) is 0 Å². The molecule has 2 amide bonds. The van der Waals surface area contributed by atoms with E-state index in [9.17, 15) is 18.0 Å². The Balaban J connectivity index is 2.40. The number of amides is 2. The summed E-state index contributed by atoms with van der Waals surface area (Å²) in [5, 5.41) is 2.92. The molecule has 0 aliphatic carbocycles. The first-order chi connectivity index (χ1) is 15.4. The summed E-state index contributed by atoms with van der Waals surface area (Å²) in [6, 6.07) is 13.8. The fraction of sp³-hybridized carbons (Fsp3) is 0.440. The molecule has 8 heteroatoms. The van der Waals surface area contributed by atoms with Gasteiger partial charge in [0.1, 0.15) is 12.6 Å². The van der Waals surface area contributed by atoms with E-state index in [4.69, 9.17) is 0 Å². The fourth-order valence-electron chi connectivity index (χ4n) is 3.42. The van der Waals surface area contributed by atoms with E-state index in [0.717, 1.165) is 33.7 Å². The summed E-state index contributed by atoms with van der Waals surface area (Å²) < 4.78 is 26.2. The molecule has 180 valence electrons. The normalized spacial score (nSPS) is 13.2. The Kier molecular flexibility index (Phi) is 9.05.